The van der Waals surface area contributed by atoms with Crippen molar-refractivity contribution in [3.05, 3.63) is 102 Å². The fourth-order valence-electron chi connectivity index (χ4n) is 4.63. The van der Waals surface area contributed by atoms with Crippen LogP contribution in [0.25, 0.3) is 0 Å². The number of nitrogens with zero attached hydrogens (tertiary/aromatic N) is 3. The Labute approximate surface area is 280 Å². The monoisotopic (exact) mass is 661 g/mol. The van der Waals surface area contributed by atoms with Crippen LogP contribution in [0, 0.1) is 0 Å². The predicted octanol–water partition coefficient (Wildman–Crippen LogP) is 5.61. The predicted molar refractivity (Wildman–Crippen MR) is 178 cm³/mol. The van der Waals surface area contributed by atoms with Crippen molar-refractivity contribution in [2.45, 2.75) is 71.4 Å². The average Bonchev–Trinajstić information content (AvgIpc) is 3.04. The topological polar surface area (TPSA) is 187 Å². The van der Waals surface area contributed by atoms with Crippen molar-refractivity contribution in [3.63, 3.8) is 0 Å². The van der Waals surface area contributed by atoms with Crippen LogP contribution in [-0.4, -0.2) is 63.2 Å². The highest BCUT2D eigenvalue weighted by Crippen LogP contribution is 2.29. The molecule has 3 rings (SSSR count). The summed E-state index contributed by atoms with van der Waals surface area (Å²) >= 11 is 0. The molecule has 0 fully saturated rings. The first-order valence-corrected chi connectivity index (χ1v) is 15.4. The van der Waals surface area contributed by atoms with E-state index in [9.17, 15) is 24.3 Å². The Morgan fingerprint density at radius 3 is 1.75 bits per heavy atom. The van der Waals surface area contributed by atoms with E-state index in [1.54, 1.807) is 100 Å². The van der Waals surface area contributed by atoms with E-state index in [0.29, 0.717) is 16.7 Å². The minimum Gasteiger partial charge on any atom is -0.508 e. The number of nitrogens with two attached hydrogens (primary N) is 2. The summed E-state index contributed by atoms with van der Waals surface area (Å²) in [5.74, 6) is -1.27. The van der Waals surface area contributed by atoms with Crippen molar-refractivity contribution >= 4 is 30.1 Å². The van der Waals surface area contributed by atoms with Gasteiger partial charge in [0.15, 0.2) is 5.96 Å². The van der Waals surface area contributed by atoms with Gasteiger partial charge in [-0.05, 0) is 69.4 Å². The molecule has 256 valence electrons. The zero-order valence-electron chi connectivity index (χ0n) is 27.6. The normalized spacial score (nSPS) is 12.2. The summed E-state index contributed by atoms with van der Waals surface area (Å²) in [6.07, 6.45) is -3.40. The summed E-state index contributed by atoms with van der Waals surface area (Å²) in [6.45, 7) is 6.24. The van der Waals surface area contributed by atoms with Crippen LogP contribution in [0.5, 0.6) is 5.75 Å². The van der Waals surface area contributed by atoms with Gasteiger partial charge in [-0.15, -0.1) is 4.90 Å². The van der Waals surface area contributed by atoms with Crippen molar-refractivity contribution < 1.29 is 38.5 Å². The second-order valence-corrected chi connectivity index (χ2v) is 11.9. The quantitative estimate of drug-likeness (QED) is 0.0952. The fraction of sp³-hybridized carbons (Fsp3) is 0.343. The second kappa shape index (κ2) is 17.4. The molecule has 0 bridgehead atoms. The van der Waals surface area contributed by atoms with Crippen molar-refractivity contribution in [2.24, 2.45) is 16.5 Å². The third kappa shape index (κ3) is 11.3. The number of rotatable bonds is 12. The number of hydrogen-bond acceptors (Lipinski definition) is 9. The van der Waals surface area contributed by atoms with Crippen LogP contribution >= 0.6 is 0 Å². The van der Waals surface area contributed by atoms with E-state index in [4.69, 9.17) is 25.7 Å². The van der Waals surface area contributed by atoms with E-state index in [2.05, 4.69) is 4.99 Å². The minimum absolute atomic E-state index is 0.00636. The summed E-state index contributed by atoms with van der Waals surface area (Å²) in [5, 5.41) is 9.88. The molecule has 0 aliphatic rings. The van der Waals surface area contributed by atoms with Crippen LogP contribution in [0.1, 0.15) is 63.3 Å². The molecule has 2 atom stereocenters. The van der Waals surface area contributed by atoms with Gasteiger partial charge in [0.05, 0.1) is 6.04 Å². The number of ether oxygens (including phenoxy) is 3. The Hall–Kier alpha value is -5.59. The number of phenols is 1. The molecule has 3 aromatic carbocycles. The van der Waals surface area contributed by atoms with Gasteiger partial charge in [-0.2, -0.15) is 0 Å². The molecule has 0 spiro atoms. The standard InChI is InChI=1S/C35H43N5O8/c1-24(27-17-19-28(41)20-18-27)39(34(45)48-35(2,3)4)29(16-11-21-38-31(36)37)30(42)40(32(43)46-22-25-12-7-5-8-13-25)33(44)47-23-26-14-9-6-10-15-26/h5-10,12-15,17-20,24,29,41H,11,16,21-23H2,1-4H3,(H4,36,37,38)/t24?,29-/m1/s1. The minimum atomic E-state index is -1.47. The Kier molecular flexibility index (Phi) is 13.3. The third-order valence-corrected chi connectivity index (χ3v) is 6.94. The van der Waals surface area contributed by atoms with Crippen LogP contribution in [0.15, 0.2) is 89.9 Å². The van der Waals surface area contributed by atoms with Gasteiger partial charge >= 0.3 is 18.3 Å². The summed E-state index contributed by atoms with van der Waals surface area (Å²) in [5.41, 5.74) is 11.8. The first-order valence-electron chi connectivity index (χ1n) is 15.4. The van der Waals surface area contributed by atoms with Crippen molar-refractivity contribution in [1.29, 1.82) is 0 Å². The molecule has 48 heavy (non-hydrogen) atoms. The molecule has 13 nitrogen and oxygen atoms in total. The molecule has 13 heteroatoms. The van der Waals surface area contributed by atoms with Crippen LogP contribution in [-0.2, 0) is 32.2 Å². The molecule has 5 N–H and O–H groups in total. The molecular formula is C35H43N5O8. The van der Waals surface area contributed by atoms with Crippen molar-refractivity contribution in [2.75, 3.05) is 6.54 Å². The summed E-state index contributed by atoms with van der Waals surface area (Å²) in [7, 11) is 0. The third-order valence-electron chi connectivity index (χ3n) is 6.94. The summed E-state index contributed by atoms with van der Waals surface area (Å²) in [4.78, 5) is 61.0. The molecule has 4 amide bonds. The summed E-state index contributed by atoms with van der Waals surface area (Å²) in [6, 6.07) is 21.1. The molecular weight excluding hydrogens is 618 g/mol. The van der Waals surface area contributed by atoms with E-state index in [1.807, 2.05) is 0 Å². The maximum absolute atomic E-state index is 14.5. The Morgan fingerprint density at radius 2 is 1.29 bits per heavy atom. The van der Waals surface area contributed by atoms with Gasteiger partial charge in [0, 0.05) is 6.54 Å². The number of benzene rings is 3. The SMILES string of the molecule is CC(c1ccc(O)cc1)N(C(=O)OC(C)(C)C)[C@H](CCCN=C(N)N)C(=O)N(C(=O)OCc1ccccc1)C(=O)OCc1ccccc1. The van der Waals surface area contributed by atoms with E-state index >= 15 is 0 Å². The number of imide groups is 3. The first kappa shape index (κ1) is 36.9. The lowest BCUT2D eigenvalue weighted by Gasteiger charge is -2.38. The highest BCUT2D eigenvalue weighted by Gasteiger charge is 2.43. The van der Waals surface area contributed by atoms with Gasteiger partial charge in [0.25, 0.3) is 5.91 Å². The molecule has 0 aliphatic carbocycles. The summed E-state index contributed by atoms with van der Waals surface area (Å²) < 4.78 is 16.6. The Bertz CT molecular complexity index is 1480. The van der Waals surface area contributed by atoms with Crippen LogP contribution in [0.3, 0.4) is 0 Å². The smallest absolute Gasteiger partial charge is 0.426 e. The van der Waals surface area contributed by atoms with Crippen LogP contribution in [0.2, 0.25) is 0 Å². The number of carbonyl (C=O) groups excluding carboxylic acids is 4. The Balaban J connectivity index is 2.07. The fourth-order valence-corrected chi connectivity index (χ4v) is 4.63. The number of guanidine groups is 1. The van der Waals surface area contributed by atoms with Gasteiger partial charge in [-0.1, -0.05) is 72.8 Å². The number of aliphatic imine (C=N–C) groups is 1. The van der Waals surface area contributed by atoms with Gasteiger partial charge in [0.2, 0.25) is 0 Å². The molecule has 3 aromatic rings. The molecule has 0 saturated heterocycles. The van der Waals surface area contributed by atoms with E-state index in [1.165, 1.54) is 12.1 Å². The lowest BCUT2D eigenvalue weighted by molar-refractivity contribution is -0.135. The maximum Gasteiger partial charge on any atom is 0.426 e. The van der Waals surface area contributed by atoms with Gasteiger partial charge in [-0.25, -0.2) is 14.4 Å². The Morgan fingerprint density at radius 1 is 0.792 bits per heavy atom. The number of hydrogen-bond donors (Lipinski definition) is 3. The molecule has 0 aromatic heterocycles. The van der Waals surface area contributed by atoms with Gasteiger partial charge in [0.1, 0.15) is 30.6 Å². The number of phenolic OH excluding ortho intramolecular Hbond substituents is 1. The molecule has 0 heterocycles. The average molecular weight is 662 g/mol. The molecule has 0 saturated carbocycles. The zero-order valence-corrected chi connectivity index (χ0v) is 27.6. The highest BCUT2D eigenvalue weighted by molar-refractivity contribution is 6.08. The largest absolute Gasteiger partial charge is 0.508 e. The van der Waals surface area contributed by atoms with Crippen molar-refractivity contribution in [3.8, 4) is 5.75 Å². The van der Waals surface area contributed by atoms with E-state index in [0.717, 1.165) is 4.90 Å². The zero-order chi connectivity index (χ0) is 35.3. The van der Waals surface area contributed by atoms with E-state index in [-0.39, 0.29) is 49.2 Å². The maximum atomic E-state index is 14.5. The lowest BCUT2D eigenvalue weighted by atomic mass is 10.0. The molecule has 0 radical (unpaired) electrons. The van der Waals surface area contributed by atoms with Crippen molar-refractivity contribution in [1.82, 2.24) is 9.80 Å². The first-order chi connectivity index (χ1) is 22.8. The number of aromatic hydroxyl groups is 1. The van der Waals surface area contributed by atoms with E-state index < -0.39 is 41.9 Å². The number of amides is 4. The highest BCUT2D eigenvalue weighted by atomic mass is 16.6. The second-order valence-electron chi connectivity index (χ2n) is 11.9. The van der Waals surface area contributed by atoms with Crippen LogP contribution < -0.4 is 11.5 Å². The van der Waals surface area contributed by atoms with Crippen LogP contribution in [0.4, 0.5) is 14.4 Å². The van der Waals surface area contributed by atoms with Gasteiger partial charge < -0.3 is 30.8 Å². The lowest BCUT2D eigenvalue weighted by Crippen LogP contribution is -2.55. The molecule has 0 aliphatic heterocycles. The number of carbonyl (C=O) groups is 4. The van der Waals surface area contributed by atoms with Gasteiger partial charge in [-0.3, -0.25) is 14.7 Å². The molecule has 1 unspecified atom stereocenters.